The summed E-state index contributed by atoms with van der Waals surface area (Å²) in [7, 11) is 11.9. The highest BCUT2D eigenvalue weighted by Gasteiger charge is 2.14. The van der Waals surface area contributed by atoms with E-state index in [1.807, 2.05) is 47.2 Å². The Balaban J connectivity index is 4.19. The summed E-state index contributed by atoms with van der Waals surface area (Å²) >= 11 is 5.15. The molecule has 0 fully saturated rings. The number of hydrogen-bond acceptors (Lipinski definition) is 3. The number of thiocarbonyl (C=S) groups is 1. The van der Waals surface area contributed by atoms with Crippen molar-refractivity contribution in [3.8, 4) is 0 Å². The molecule has 0 saturated carbocycles. The molecule has 0 bridgehead atoms. The highest BCUT2D eigenvalue weighted by Crippen LogP contribution is 1.93. The Bertz CT molecular complexity index is 160. The second kappa shape index (κ2) is 5.36. The summed E-state index contributed by atoms with van der Waals surface area (Å²) in [5.74, 6) is 0. The zero-order valence-electron chi connectivity index (χ0n) is 9.33. The topological polar surface area (TPSA) is 21.8 Å². The summed E-state index contributed by atoms with van der Waals surface area (Å²) in [5, 5.41) is 3.97. The second-order valence-electron chi connectivity index (χ2n) is 3.64. The third-order valence-electron chi connectivity index (χ3n) is 1.64. The van der Waals surface area contributed by atoms with E-state index < -0.39 is 0 Å². The molecule has 1 N–H and O–H groups in total. The van der Waals surface area contributed by atoms with E-state index in [1.165, 1.54) is 0 Å². The zero-order valence-corrected chi connectivity index (χ0v) is 10.1. The molecule has 0 aliphatic carbocycles. The van der Waals surface area contributed by atoms with Crippen LogP contribution in [-0.2, 0) is 0 Å². The van der Waals surface area contributed by atoms with Gasteiger partial charge in [-0.15, -0.1) is 0 Å². The van der Waals surface area contributed by atoms with E-state index in [0.717, 1.165) is 5.11 Å². The van der Waals surface area contributed by atoms with E-state index >= 15 is 0 Å². The molecule has 4 nitrogen and oxygen atoms in total. The molecule has 0 aliphatic heterocycles. The highest BCUT2D eigenvalue weighted by atomic mass is 32.1. The maximum Gasteiger partial charge on any atom is 0.170 e. The van der Waals surface area contributed by atoms with Crippen molar-refractivity contribution in [1.29, 1.82) is 0 Å². The number of nitrogens with one attached hydrogen (secondary N) is 1. The lowest BCUT2D eigenvalue weighted by Crippen LogP contribution is -2.55. The number of rotatable bonds is 3. The smallest absolute Gasteiger partial charge is 0.170 e. The van der Waals surface area contributed by atoms with Crippen LogP contribution >= 0.6 is 12.2 Å². The van der Waals surface area contributed by atoms with Gasteiger partial charge in [0.15, 0.2) is 5.11 Å². The van der Waals surface area contributed by atoms with Gasteiger partial charge in [0.2, 0.25) is 0 Å². The van der Waals surface area contributed by atoms with Crippen LogP contribution in [0.15, 0.2) is 0 Å². The number of hydrogen-bond donors (Lipinski definition) is 1. The van der Waals surface area contributed by atoms with E-state index in [-0.39, 0.29) is 6.29 Å². The van der Waals surface area contributed by atoms with E-state index in [1.54, 1.807) is 0 Å². The summed E-state index contributed by atoms with van der Waals surface area (Å²) < 4.78 is 0. The molecule has 5 heteroatoms. The minimum Gasteiger partial charge on any atom is -0.355 e. The summed E-state index contributed by atoms with van der Waals surface area (Å²) in [6.45, 7) is 0. The van der Waals surface area contributed by atoms with Crippen LogP contribution in [0.1, 0.15) is 0 Å². The van der Waals surface area contributed by atoms with Gasteiger partial charge in [-0.3, -0.25) is 9.80 Å². The van der Waals surface area contributed by atoms with Gasteiger partial charge in [-0.1, -0.05) is 0 Å². The first kappa shape index (κ1) is 12.6. The second-order valence-corrected chi connectivity index (χ2v) is 4.03. The van der Waals surface area contributed by atoms with Crippen molar-refractivity contribution in [3.05, 3.63) is 0 Å². The highest BCUT2D eigenvalue weighted by molar-refractivity contribution is 7.80. The van der Waals surface area contributed by atoms with Gasteiger partial charge in [-0.05, 0) is 40.4 Å². The third kappa shape index (κ3) is 4.40. The van der Waals surface area contributed by atoms with Crippen molar-refractivity contribution in [2.45, 2.75) is 6.29 Å². The van der Waals surface area contributed by atoms with Crippen LogP contribution in [0.25, 0.3) is 0 Å². The predicted octanol–water partition coefficient (Wildman–Crippen LogP) is -0.171. The molecule has 78 valence electrons. The average molecular weight is 204 g/mol. The minimum atomic E-state index is 0.134. The van der Waals surface area contributed by atoms with E-state index in [0.29, 0.717) is 0 Å². The van der Waals surface area contributed by atoms with Gasteiger partial charge in [0.05, 0.1) is 0 Å². The molecule has 0 aromatic heterocycles. The Morgan fingerprint density at radius 3 is 1.62 bits per heavy atom. The molecule has 0 rings (SSSR count). The Morgan fingerprint density at radius 2 is 1.38 bits per heavy atom. The van der Waals surface area contributed by atoms with Gasteiger partial charge in [0.1, 0.15) is 6.29 Å². The fourth-order valence-corrected chi connectivity index (χ4v) is 1.07. The lowest BCUT2D eigenvalue weighted by molar-refractivity contribution is 0.113. The Hall–Kier alpha value is -0.390. The van der Waals surface area contributed by atoms with Gasteiger partial charge in [0, 0.05) is 14.1 Å². The SMILES string of the molecule is CN(C)C(=S)NC(N(C)C)N(C)C. The van der Waals surface area contributed by atoms with Crippen molar-refractivity contribution in [2.75, 3.05) is 42.3 Å². The fourth-order valence-electron chi connectivity index (χ4n) is 0.960. The van der Waals surface area contributed by atoms with Crippen LogP contribution in [0.5, 0.6) is 0 Å². The van der Waals surface area contributed by atoms with Crippen LogP contribution in [0.2, 0.25) is 0 Å². The van der Waals surface area contributed by atoms with E-state index in [9.17, 15) is 0 Å². The molecule has 0 radical (unpaired) electrons. The number of nitrogens with zero attached hydrogens (tertiary/aromatic N) is 3. The quantitative estimate of drug-likeness (QED) is 0.507. The molecular weight excluding hydrogens is 184 g/mol. The van der Waals surface area contributed by atoms with Gasteiger partial charge in [0.25, 0.3) is 0 Å². The molecule has 0 unspecified atom stereocenters. The van der Waals surface area contributed by atoms with Crippen molar-refractivity contribution in [3.63, 3.8) is 0 Å². The molecule has 0 heterocycles. The summed E-state index contributed by atoms with van der Waals surface area (Å²) in [4.78, 5) is 6.01. The first-order valence-corrected chi connectivity index (χ1v) is 4.57. The predicted molar refractivity (Wildman–Crippen MR) is 60.6 cm³/mol. The van der Waals surface area contributed by atoms with Crippen LogP contribution in [0, 0.1) is 0 Å². The molecule has 13 heavy (non-hydrogen) atoms. The Kier molecular flexibility index (Phi) is 5.20. The minimum absolute atomic E-state index is 0.134. The lowest BCUT2D eigenvalue weighted by Gasteiger charge is -2.33. The van der Waals surface area contributed by atoms with Gasteiger partial charge in [-0.25, -0.2) is 0 Å². The molecule has 0 spiro atoms. The fraction of sp³-hybridized carbons (Fsp3) is 0.875. The van der Waals surface area contributed by atoms with Crippen molar-refractivity contribution < 1.29 is 0 Å². The average Bonchev–Trinajstić information content (AvgIpc) is 1.97. The molecular formula is C8H20N4S. The largest absolute Gasteiger partial charge is 0.355 e. The summed E-state index contributed by atoms with van der Waals surface area (Å²) in [5.41, 5.74) is 0. The third-order valence-corrected chi connectivity index (χ3v) is 2.12. The van der Waals surface area contributed by atoms with Crippen LogP contribution in [-0.4, -0.2) is 68.4 Å². The molecule has 0 amide bonds. The Morgan fingerprint density at radius 1 is 1.00 bits per heavy atom. The normalized spacial score (nSPS) is 11.2. The van der Waals surface area contributed by atoms with Gasteiger partial charge < -0.3 is 10.2 Å². The van der Waals surface area contributed by atoms with Crippen molar-refractivity contribution in [2.24, 2.45) is 0 Å². The monoisotopic (exact) mass is 204 g/mol. The standard InChI is InChI=1S/C8H20N4S/c1-10(2)7(11(3)4)9-8(13)12(5)6/h7H,1-6H3,(H,9,13). The molecule has 0 aromatic rings. The molecule has 0 aromatic carbocycles. The maximum atomic E-state index is 5.15. The Labute approximate surface area is 86.5 Å². The van der Waals surface area contributed by atoms with Crippen molar-refractivity contribution in [1.82, 2.24) is 20.0 Å². The van der Waals surface area contributed by atoms with Gasteiger partial charge >= 0.3 is 0 Å². The first-order valence-electron chi connectivity index (χ1n) is 4.17. The molecule has 0 saturated heterocycles. The lowest BCUT2D eigenvalue weighted by atomic mass is 10.6. The van der Waals surface area contributed by atoms with Crippen molar-refractivity contribution >= 4 is 17.3 Å². The van der Waals surface area contributed by atoms with Gasteiger partial charge in [-0.2, -0.15) is 0 Å². The maximum absolute atomic E-state index is 5.15. The zero-order chi connectivity index (χ0) is 10.6. The van der Waals surface area contributed by atoms with Crippen LogP contribution in [0.3, 0.4) is 0 Å². The summed E-state index contributed by atoms with van der Waals surface area (Å²) in [6.07, 6.45) is 0.134. The summed E-state index contributed by atoms with van der Waals surface area (Å²) in [6, 6.07) is 0. The first-order chi connectivity index (χ1) is 5.86. The molecule has 0 atom stereocenters. The molecule has 0 aliphatic rings. The van der Waals surface area contributed by atoms with Crippen LogP contribution < -0.4 is 5.32 Å². The van der Waals surface area contributed by atoms with Crippen LogP contribution in [0.4, 0.5) is 0 Å². The van der Waals surface area contributed by atoms with E-state index in [2.05, 4.69) is 15.1 Å². The van der Waals surface area contributed by atoms with E-state index in [4.69, 9.17) is 12.2 Å².